The minimum Gasteiger partial charge on any atom is -0.453 e. The third-order valence-electron chi connectivity index (χ3n) is 10.2. The van der Waals surface area contributed by atoms with Gasteiger partial charge in [0.2, 0.25) is 17.7 Å². The Balaban J connectivity index is 0.950. The Labute approximate surface area is 323 Å². The van der Waals surface area contributed by atoms with Crippen molar-refractivity contribution >= 4 is 52.1 Å². The number of H-pyrrole nitrogens is 1. The average Bonchev–Trinajstić information content (AvgIpc) is 3.76. The van der Waals surface area contributed by atoms with Crippen molar-refractivity contribution in [3.05, 3.63) is 82.8 Å². The molecular formula is C40H44ClN9O5. The molecule has 5 aromatic rings. The Kier molecular flexibility index (Phi) is 10.9. The number of piperidine rings is 2. The number of aromatic amines is 1. The van der Waals surface area contributed by atoms with E-state index in [1.165, 1.54) is 6.20 Å². The van der Waals surface area contributed by atoms with Crippen LogP contribution in [0.4, 0.5) is 5.69 Å². The van der Waals surface area contributed by atoms with E-state index in [4.69, 9.17) is 16.3 Å². The number of fused-ring (bicyclic) bond motifs is 1. The Morgan fingerprint density at radius 2 is 1.84 bits per heavy atom. The molecule has 2 aliphatic heterocycles. The van der Waals surface area contributed by atoms with Crippen molar-refractivity contribution in [2.24, 2.45) is 18.9 Å². The van der Waals surface area contributed by atoms with Crippen LogP contribution in [0, 0.1) is 18.8 Å². The largest absolute Gasteiger partial charge is 0.453 e. The Morgan fingerprint density at radius 1 is 1.07 bits per heavy atom. The number of anilines is 1. The molecule has 15 heteroatoms. The second-order valence-electron chi connectivity index (χ2n) is 14.6. The van der Waals surface area contributed by atoms with Crippen LogP contribution in [0.25, 0.3) is 22.6 Å². The molecule has 0 bridgehead atoms. The molecule has 2 aromatic carbocycles. The van der Waals surface area contributed by atoms with Crippen molar-refractivity contribution in [2.75, 3.05) is 25.0 Å². The molecule has 286 valence electrons. The maximum atomic E-state index is 13.9. The zero-order valence-corrected chi connectivity index (χ0v) is 31.9. The van der Waals surface area contributed by atoms with Gasteiger partial charge in [0.15, 0.2) is 11.4 Å². The number of pyridine rings is 1. The number of imidazole rings is 1. The molecule has 5 heterocycles. The number of likely N-dealkylation sites (tertiary alicyclic amines) is 1. The zero-order chi connectivity index (χ0) is 38.8. The number of aromatic nitrogens is 5. The second kappa shape index (κ2) is 15.9. The molecule has 55 heavy (non-hydrogen) atoms. The molecule has 1 unspecified atom stereocenters. The van der Waals surface area contributed by atoms with Crippen LogP contribution in [0.1, 0.15) is 67.1 Å². The predicted molar refractivity (Wildman–Crippen MR) is 208 cm³/mol. The van der Waals surface area contributed by atoms with Gasteiger partial charge in [-0.2, -0.15) is 5.10 Å². The van der Waals surface area contributed by atoms with Crippen LogP contribution < -0.4 is 20.7 Å². The second-order valence-corrected chi connectivity index (χ2v) is 15.0. The van der Waals surface area contributed by atoms with Crippen LogP contribution in [-0.4, -0.2) is 78.9 Å². The molecule has 2 fully saturated rings. The van der Waals surface area contributed by atoms with Crippen molar-refractivity contribution in [2.45, 2.75) is 58.4 Å². The van der Waals surface area contributed by atoms with Crippen molar-refractivity contribution in [3.63, 3.8) is 0 Å². The molecule has 2 aliphatic rings. The molecule has 0 radical (unpaired) electrons. The van der Waals surface area contributed by atoms with E-state index in [-0.39, 0.29) is 41.4 Å². The number of carbonyl (C=O) groups excluding carboxylic acids is 4. The van der Waals surface area contributed by atoms with Crippen LogP contribution in [0.5, 0.6) is 11.5 Å². The minimum atomic E-state index is -0.697. The molecule has 7 rings (SSSR count). The number of benzene rings is 2. The molecule has 2 saturated heterocycles. The van der Waals surface area contributed by atoms with Gasteiger partial charge in [0, 0.05) is 50.6 Å². The van der Waals surface area contributed by atoms with Crippen LogP contribution in [0.15, 0.2) is 60.9 Å². The quantitative estimate of drug-likeness (QED) is 0.122. The Morgan fingerprint density at radius 3 is 2.53 bits per heavy atom. The number of ether oxygens (including phenoxy) is 1. The molecule has 14 nitrogen and oxygen atoms in total. The van der Waals surface area contributed by atoms with E-state index >= 15 is 0 Å². The summed E-state index contributed by atoms with van der Waals surface area (Å²) in [6.07, 6.45) is 6.04. The van der Waals surface area contributed by atoms with Gasteiger partial charge in [0.1, 0.15) is 28.2 Å². The van der Waals surface area contributed by atoms with Crippen molar-refractivity contribution in [3.8, 4) is 22.9 Å². The van der Waals surface area contributed by atoms with Gasteiger partial charge in [-0.15, -0.1) is 0 Å². The fourth-order valence-corrected chi connectivity index (χ4v) is 7.42. The number of nitrogens with zero attached hydrogens (tertiary/aromatic N) is 5. The van der Waals surface area contributed by atoms with E-state index in [0.717, 1.165) is 35.3 Å². The first-order chi connectivity index (χ1) is 26.4. The monoisotopic (exact) mass is 765 g/mol. The summed E-state index contributed by atoms with van der Waals surface area (Å²) in [7, 11) is 1.84. The molecule has 3 atom stereocenters. The molecule has 0 saturated carbocycles. The lowest BCUT2D eigenvalue weighted by atomic mass is 9.90. The first-order valence-corrected chi connectivity index (χ1v) is 18.9. The maximum absolute atomic E-state index is 13.9. The van der Waals surface area contributed by atoms with E-state index < -0.39 is 6.04 Å². The summed E-state index contributed by atoms with van der Waals surface area (Å²) in [5, 5.41) is 13.6. The first-order valence-electron chi connectivity index (χ1n) is 18.5. The summed E-state index contributed by atoms with van der Waals surface area (Å²) in [4.78, 5) is 65.2. The smallest absolute Gasteiger partial charge is 0.251 e. The fraction of sp³-hybridized carbons (Fsp3) is 0.375. The number of aryl methyl sites for hydroxylation is 2. The van der Waals surface area contributed by atoms with Gasteiger partial charge in [-0.3, -0.25) is 29.2 Å². The summed E-state index contributed by atoms with van der Waals surface area (Å²) in [6, 6.07) is 13.7. The van der Waals surface area contributed by atoms with Gasteiger partial charge in [-0.1, -0.05) is 37.6 Å². The van der Waals surface area contributed by atoms with Crippen LogP contribution in [-0.2, 0) is 21.4 Å². The third kappa shape index (κ3) is 8.34. The van der Waals surface area contributed by atoms with Gasteiger partial charge >= 0.3 is 0 Å². The number of imide groups is 1. The molecule has 4 amide bonds. The summed E-state index contributed by atoms with van der Waals surface area (Å²) >= 11 is 6.52. The van der Waals surface area contributed by atoms with Crippen LogP contribution in [0.2, 0.25) is 5.02 Å². The fourth-order valence-electron chi connectivity index (χ4n) is 7.24. The number of hydrogen-bond donors (Lipinski definition) is 4. The Bertz CT molecular complexity index is 2230. The van der Waals surface area contributed by atoms with E-state index in [1.807, 2.05) is 63.2 Å². The molecule has 3 aromatic heterocycles. The first kappa shape index (κ1) is 37.6. The number of rotatable bonds is 11. The Hall–Kier alpha value is -5.76. The number of amides is 4. The summed E-state index contributed by atoms with van der Waals surface area (Å²) < 4.78 is 7.90. The lowest BCUT2D eigenvalue weighted by molar-refractivity contribution is -0.136. The van der Waals surface area contributed by atoms with Gasteiger partial charge in [0.05, 0.1) is 23.4 Å². The van der Waals surface area contributed by atoms with Gasteiger partial charge in [-0.25, -0.2) is 9.97 Å². The van der Waals surface area contributed by atoms with Crippen molar-refractivity contribution in [1.82, 2.24) is 40.3 Å². The van der Waals surface area contributed by atoms with Crippen molar-refractivity contribution in [1.29, 1.82) is 0 Å². The highest BCUT2D eigenvalue weighted by Gasteiger charge is 2.32. The lowest BCUT2D eigenvalue weighted by Gasteiger charge is -2.36. The predicted octanol–water partition coefficient (Wildman–Crippen LogP) is 5.74. The number of halogens is 1. The minimum absolute atomic E-state index is 0.0988. The normalized spacial score (nSPS) is 18.0. The van der Waals surface area contributed by atoms with E-state index in [0.29, 0.717) is 71.5 Å². The molecule has 0 spiro atoms. The van der Waals surface area contributed by atoms with E-state index in [1.54, 1.807) is 28.9 Å². The summed E-state index contributed by atoms with van der Waals surface area (Å²) in [6.45, 7) is 7.64. The van der Waals surface area contributed by atoms with Crippen LogP contribution in [0.3, 0.4) is 0 Å². The zero-order valence-electron chi connectivity index (χ0n) is 31.2. The number of nitrogens with one attached hydrogen (secondary N) is 4. The van der Waals surface area contributed by atoms with E-state index in [2.05, 4.69) is 36.0 Å². The maximum Gasteiger partial charge on any atom is 0.251 e. The highest BCUT2D eigenvalue weighted by atomic mass is 35.5. The standard InChI is InChI=1S/C40H44ClN9O5/c1-22(2)33(40(54)50-17-5-6-24(20-50)18-42-27-11-7-25(8-12-27)29-15-16-32(51)44-39(29)53)46-38(52)26-9-13-28(14-10-26)55-35-31(41)19-43-37-34(35)45-36(47-37)30-21-49(4)48-23(30)3/h7-14,19,21-22,24,29,33,42H,5-6,15-18,20H2,1-4H3,(H,46,52)(H,43,45,47)(H,44,51,53)/t24?,29-,33+/m0/s1. The van der Waals surface area contributed by atoms with Gasteiger partial charge in [0.25, 0.3) is 5.91 Å². The number of hydrogen-bond acceptors (Lipinski definition) is 9. The van der Waals surface area contributed by atoms with Crippen LogP contribution >= 0.6 is 11.6 Å². The highest BCUT2D eigenvalue weighted by molar-refractivity contribution is 6.32. The molecule has 4 N–H and O–H groups in total. The van der Waals surface area contributed by atoms with E-state index in [9.17, 15) is 19.2 Å². The van der Waals surface area contributed by atoms with Gasteiger partial charge in [-0.05, 0) is 80.0 Å². The van der Waals surface area contributed by atoms with Gasteiger partial charge < -0.3 is 25.3 Å². The summed E-state index contributed by atoms with van der Waals surface area (Å²) in [5.41, 5.74) is 4.81. The molecule has 0 aliphatic carbocycles. The van der Waals surface area contributed by atoms with Crippen molar-refractivity contribution < 1.29 is 23.9 Å². The topological polar surface area (TPSA) is 176 Å². The third-order valence-corrected chi connectivity index (χ3v) is 10.5. The average molecular weight is 766 g/mol. The highest BCUT2D eigenvalue weighted by Crippen LogP contribution is 2.36. The molecular weight excluding hydrogens is 722 g/mol. The lowest BCUT2D eigenvalue weighted by Crippen LogP contribution is -2.53. The number of carbonyl (C=O) groups is 4. The SMILES string of the molecule is Cc1nn(C)cc1-c1nc2ncc(Cl)c(Oc3ccc(C(=O)N[C@@H](C(=O)N4CCCC(CNc5ccc([C@@H]6CCC(=O)NC6=O)cc5)C4)C(C)C)cc3)c2[nH]1. The summed E-state index contributed by atoms with van der Waals surface area (Å²) in [5.74, 6) is 0.237.